The van der Waals surface area contributed by atoms with Gasteiger partial charge in [-0.1, -0.05) is 0 Å². The zero-order valence-corrected chi connectivity index (χ0v) is 5.59. The van der Waals surface area contributed by atoms with E-state index >= 15 is 0 Å². The lowest BCUT2D eigenvalue weighted by molar-refractivity contribution is -0.138. The molecule has 1 unspecified atom stereocenters. The molecule has 6 heteroatoms. The van der Waals surface area contributed by atoms with Crippen molar-refractivity contribution in [2.75, 3.05) is 5.70 Å². The van der Waals surface area contributed by atoms with Crippen molar-refractivity contribution >= 4 is 17.0 Å². The van der Waals surface area contributed by atoms with Crippen molar-refractivity contribution in [1.29, 1.82) is 0 Å². The fraction of sp³-hybridized carbons (Fsp3) is 0.750. The van der Waals surface area contributed by atoms with Gasteiger partial charge in [-0.05, 0) is 6.37 Å². The van der Waals surface area contributed by atoms with Gasteiger partial charge >= 0.3 is 5.97 Å². The molecule has 0 radical (unpaired) electrons. The fourth-order valence-electron chi connectivity index (χ4n) is 0.176. The van der Waals surface area contributed by atoms with E-state index in [1.807, 2.05) is 0 Å². The van der Waals surface area contributed by atoms with Crippen LogP contribution in [0.3, 0.4) is 0 Å². The molecule has 0 aromatic heterocycles. The van der Waals surface area contributed by atoms with Crippen LogP contribution >= 0.6 is 0 Å². The first-order valence-electron chi connectivity index (χ1n) is 4.14. The van der Waals surface area contributed by atoms with E-state index in [2.05, 4.69) is 0 Å². The van der Waals surface area contributed by atoms with Gasteiger partial charge < -0.3 is 15.4 Å². The van der Waals surface area contributed by atoms with Crippen molar-refractivity contribution < 1.29 is 24.1 Å². The van der Waals surface area contributed by atoms with Gasteiger partial charge in [-0.2, -0.15) is 0 Å². The van der Waals surface area contributed by atoms with Crippen LogP contribution < -0.4 is 5.73 Å². The van der Waals surface area contributed by atoms with Crippen LogP contribution in [0.2, 0.25) is 0 Å². The molecule has 0 rings (SSSR count). The first-order valence-corrected chi connectivity index (χ1v) is 3.25. The third-order valence-electron chi connectivity index (χ3n) is 0.568. The molecule has 0 bridgehead atoms. The molecule has 0 aliphatic heterocycles. The molecule has 10 heavy (non-hydrogen) atoms. The molecule has 0 saturated carbocycles. The molecule has 0 aliphatic rings. The summed E-state index contributed by atoms with van der Waals surface area (Å²) >= 11 is -3.17. The summed E-state index contributed by atoms with van der Waals surface area (Å²) in [4.78, 5) is 10.3. The summed E-state index contributed by atoms with van der Waals surface area (Å²) in [6.45, 7) is 0. The van der Waals surface area contributed by atoms with E-state index in [1.165, 1.54) is 0 Å². The largest absolute Gasteiger partial charge is 0.480 e. The van der Waals surface area contributed by atoms with Crippen molar-refractivity contribution in [1.82, 2.24) is 0 Å². The van der Waals surface area contributed by atoms with Gasteiger partial charge in [-0.25, -0.2) is 4.21 Å². The second-order valence-electron chi connectivity index (χ2n) is 1.31. The number of aliphatic carboxylic acids is 1. The lowest BCUT2D eigenvalue weighted by atomic mass is 10.2. The number of carbonyl (C=O) groups is 1. The lowest BCUT2D eigenvalue weighted by Crippen LogP contribution is -2.31. The van der Waals surface area contributed by atoms with Gasteiger partial charge in [-0.3, -0.25) is 4.79 Å². The Bertz CT molecular complexity index is 270. The van der Waals surface area contributed by atoms with E-state index in [9.17, 15) is 9.00 Å². The SMILES string of the molecule is [2H]C([2H])([C@H](N)C(=O)O)C([2H])([2H])S(=O)O. The highest BCUT2D eigenvalue weighted by Crippen LogP contribution is 1.89. The van der Waals surface area contributed by atoms with Gasteiger partial charge in [0.15, 0.2) is 11.1 Å². The van der Waals surface area contributed by atoms with Crippen LogP contribution in [0.1, 0.15) is 11.9 Å². The van der Waals surface area contributed by atoms with Crippen LogP contribution in [-0.2, 0) is 15.9 Å². The molecule has 0 saturated heterocycles. The van der Waals surface area contributed by atoms with Gasteiger partial charge in [0.1, 0.15) is 6.04 Å². The minimum atomic E-state index is -3.25. The monoisotopic (exact) mass is 171 g/mol. The van der Waals surface area contributed by atoms with Crippen molar-refractivity contribution in [2.45, 2.75) is 12.4 Å². The Morgan fingerprint density at radius 1 is 1.90 bits per heavy atom. The van der Waals surface area contributed by atoms with Gasteiger partial charge in [0.25, 0.3) is 0 Å². The first kappa shape index (κ1) is 4.42. The Hall–Kier alpha value is -0.460. The van der Waals surface area contributed by atoms with Crippen molar-refractivity contribution in [3.63, 3.8) is 0 Å². The number of nitrogens with two attached hydrogens (primary N) is 1. The molecular weight excluding hydrogens is 158 g/mol. The third-order valence-corrected chi connectivity index (χ3v) is 0.860. The van der Waals surface area contributed by atoms with Crippen LogP contribution in [-0.4, -0.2) is 31.6 Å². The second-order valence-corrected chi connectivity index (χ2v) is 2.01. The molecule has 4 N–H and O–H groups in total. The average molecular weight is 171 g/mol. The predicted molar refractivity (Wildman–Crippen MR) is 35.9 cm³/mol. The molecular formula is C4H9NO4S. The standard InChI is InChI=1S/C4H9NO4S/c5-3(4(6)7)1-2-10(8)9/h3H,1-2,5H2,(H,6,7)(H,8,9)/t3-/m0/s1/i1D2,2D2. The summed E-state index contributed by atoms with van der Waals surface area (Å²) in [7, 11) is 0. The minimum Gasteiger partial charge on any atom is -0.480 e. The lowest BCUT2D eigenvalue weighted by Gasteiger charge is -2.01. The van der Waals surface area contributed by atoms with Crippen LogP contribution in [0.15, 0.2) is 0 Å². The van der Waals surface area contributed by atoms with Crippen LogP contribution in [0.25, 0.3) is 0 Å². The molecule has 0 aromatic carbocycles. The topological polar surface area (TPSA) is 101 Å². The van der Waals surface area contributed by atoms with Gasteiger partial charge in [0, 0.05) is 5.48 Å². The van der Waals surface area contributed by atoms with Crippen molar-refractivity contribution in [3.05, 3.63) is 0 Å². The summed E-state index contributed by atoms with van der Waals surface area (Å²) in [5, 5.41) is 8.35. The maximum Gasteiger partial charge on any atom is 0.320 e. The van der Waals surface area contributed by atoms with Crippen LogP contribution in [0.5, 0.6) is 0 Å². The highest BCUT2D eigenvalue weighted by molar-refractivity contribution is 7.79. The number of hydrogen-bond donors (Lipinski definition) is 3. The van der Waals surface area contributed by atoms with Crippen LogP contribution in [0.4, 0.5) is 0 Å². The summed E-state index contributed by atoms with van der Waals surface area (Å²) in [6, 6.07) is -2.21. The zero-order valence-electron chi connectivity index (χ0n) is 8.77. The molecule has 5 nitrogen and oxygen atoms in total. The molecule has 0 spiro atoms. The Kier molecular flexibility index (Phi) is 1.93. The average Bonchev–Trinajstić information content (AvgIpc) is 2.01. The first-order chi connectivity index (χ1) is 6.05. The highest BCUT2D eigenvalue weighted by atomic mass is 32.2. The van der Waals surface area contributed by atoms with E-state index in [0.717, 1.165) is 0 Å². The molecule has 0 fully saturated rings. The maximum atomic E-state index is 10.4. The van der Waals surface area contributed by atoms with E-state index in [1.54, 1.807) is 0 Å². The Morgan fingerprint density at radius 3 is 2.70 bits per heavy atom. The van der Waals surface area contributed by atoms with E-state index in [-0.39, 0.29) is 0 Å². The van der Waals surface area contributed by atoms with E-state index < -0.39 is 35.2 Å². The summed E-state index contributed by atoms with van der Waals surface area (Å²) in [6.07, 6.45) is -3.14. The molecule has 0 heterocycles. The number of carboxylic acids is 1. The van der Waals surface area contributed by atoms with Gasteiger partial charge in [0.05, 0.1) is 5.70 Å². The fourth-order valence-corrected chi connectivity index (χ4v) is 0.403. The smallest absolute Gasteiger partial charge is 0.320 e. The predicted octanol–water partition coefficient (Wildman–Crippen LogP) is -0.990. The normalized spacial score (nSPS) is 25.0. The maximum absolute atomic E-state index is 10.4. The molecule has 60 valence electrons. The third kappa shape index (κ3) is 4.42. The van der Waals surface area contributed by atoms with E-state index in [0.29, 0.717) is 0 Å². The van der Waals surface area contributed by atoms with Crippen LogP contribution in [0, 0.1) is 0 Å². The molecule has 0 aliphatic carbocycles. The molecule has 2 atom stereocenters. The summed E-state index contributed by atoms with van der Waals surface area (Å²) in [5.41, 5.74) is 1.61. The highest BCUT2D eigenvalue weighted by Gasteiger charge is 2.11. The second kappa shape index (κ2) is 4.37. The Balaban J connectivity index is 5.13. The summed E-state index contributed by atoms with van der Waals surface area (Å²) < 4.78 is 46.8. The van der Waals surface area contributed by atoms with Crippen molar-refractivity contribution in [2.24, 2.45) is 5.73 Å². The van der Waals surface area contributed by atoms with E-state index in [4.69, 9.17) is 20.9 Å². The molecule has 0 aromatic rings. The quantitative estimate of drug-likeness (QED) is 0.471. The summed E-state index contributed by atoms with van der Waals surface area (Å²) in [5.74, 6) is -1.79. The van der Waals surface area contributed by atoms with Crippen molar-refractivity contribution in [3.8, 4) is 0 Å². The minimum absolute atomic E-state index is 1.79. The number of carboxylic acid groups (broad SMARTS) is 1. The van der Waals surface area contributed by atoms with Gasteiger partial charge in [-0.15, -0.1) is 0 Å². The van der Waals surface area contributed by atoms with Gasteiger partial charge in [0.2, 0.25) is 0 Å². The zero-order chi connectivity index (χ0) is 11.7. The number of rotatable bonds is 4. The Labute approximate surface area is 66.1 Å². The molecule has 0 amide bonds. The number of hydrogen-bond acceptors (Lipinski definition) is 3. The Morgan fingerprint density at radius 2 is 2.40 bits per heavy atom.